The van der Waals surface area contributed by atoms with Crippen LogP contribution in [0.15, 0.2) is 18.2 Å². The van der Waals surface area contributed by atoms with Gasteiger partial charge in [-0.25, -0.2) is 0 Å². The summed E-state index contributed by atoms with van der Waals surface area (Å²) in [5.41, 5.74) is 10.5. The van der Waals surface area contributed by atoms with Gasteiger partial charge in [0.2, 0.25) is 0 Å². The van der Waals surface area contributed by atoms with Gasteiger partial charge < -0.3 is 5.73 Å². The quantitative estimate of drug-likeness (QED) is 0.777. The van der Waals surface area contributed by atoms with Gasteiger partial charge in [-0.15, -0.1) is 0 Å². The summed E-state index contributed by atoms with van der Waals surface area (Å²) in [6.07, 6.45) is 4.52. The second kappa shape index (κ2) is 3.39. The third kappa shape index (κ3) is 1.57. The van der Waals surface area contributed by atoms with E-state index in [-0.39, 0.29) is 5.54 Å². The molecule has 0 aromatic heterocycles. The van der Waals surface area contributed by atoms with Crippen molar-refractivity contribution in [3.05, 3.63) is 34.9 Å². The van der Waals surface area contributed by atoms with Gasteiger partial charge in [0.25, 0.3) is 0 Å². The first-order valence-corrected chi connectivity index (χ1v) is 5.61. The zero-order chi connectivity index (χ0) is 10.2. The Morgan fingerprint density at radius 1 is 1.21 bits per heavy atom. The molecule has 0 heterocycles. The van der Waals surface area contributed by atoms with Crippen molar-refractivity contribution in [1.29, 1.82) is 0 Å². The van der Waals surface area contributed by atoms with Gasteiger partial charge in [0.05, 0.1) is 0 Å². The summed E-state index contributed by atoms with van der Waals surface area (Å²) in [5, 5.41) is 0. The van der Waals surface area contributed by atoms with Crippen molar-refractivity contribution in [3.8, 4) is 0 Å². The molecule has 0 unspecified atom stereocenters. The first-order chi connectivity index (χ1) is 6.69. The molecular weight excluding hydrogens is 170 g/mol. The third-order valence-electron chi connectivity index (χ3n) is 3.29. The summed E-state index contributed by atoms with van der Waals surface area (Å²) >= 11 is 0. The molecule has 1 heteroatoms. The Labute approximate surface area is 86.3 Å². The van der Waals surface area contributed by atoms with Crippen LogP contribution in [0, 0.1) is 0 Å². The summed E-state index contributed by atoms with van der Waals surface area (Å²) in [7, 11) is 0. The number of aryl methyl sites for hydroxylation is 2. The minimum atomic E-state index is 0.0243. The molecule has 0 spiro atoms. The van der Waals surface area contributed by atoms with E-state index >= 15 is 0 Å². The van der Waals surface area contributed by atoms with Crippen molar-refractivity contribution in [2.24, 2.45) is 5.73 Å². The predicted octanol–water partition coefficient (Wildman–Crippen LogP) is 2.76. The molecule has 0 bridgehead atoms. The van der Waals surface area contributed by atoms with E-state index in [4.69, 9.17) is 5.73 Å². The molecule has 2 N–H and O–H groups in total. The van der Waals surface area contributed by atoms with Crippen LogP contribution in [0.4, 0.5) is 0 Å². The highest BCUT2D eigenvalue weighted by Gasteiger charge is 2.41. The zero-order valence-corrected chi connectivity index (χ0v) is 9.14. The fourth-order valence-electron chi connectivity index (χ4n) is 2.02. The van der Waals surface area contributed by atoms with Crippen LogP contribution in [0.1, 0.15) is 43.4 Å². The standard InChI is InChI=1S/C13H19N/c1-3-10-5-6-11(4-2)12(9-10)13(14)7-8-13/h5-6,9H,3-4,7-8,14H2,1-2H3. The molecule has 2 rings (SSSR count). The molecular formula is C13H19N. The number of hydrogen-bond donors (Lipinski definition) is 1. The first-order valence-electron chi connectivity index (χ1n) is 5.61. The van der Waals surface area contributed by atoms with E-state index in [1.165, 1.54) is 16.7 Å². The molecule has 76 valence electrons. The molecule has 1 fully saturated rings. The number of hydrogen-bond acceptors (Lipinski definition) is 1. The van der Waals surface area contributed by atoms with Crippen molar-refractivity contribution >= 4 is 0 Å². The number of rotatable bonds is 3. The van der Waals surface area contributed by atoms with Gasteiger partial charge in [-0.1, -0.05) is 32.0 Å². The molecule has 0 radical (unpaired) electrons. The Balaban J connectivity index is 2.43. The monoisotopic (exact) mass is 189 g/mol. The fourth-order valence-corrected chi connectivity index (χ4v) is 2.02. The minimum absolute atomic E-state index is 0.0243. The van der Waals surface area contributed by atoms with Gasteiger partial charge in [-0.05, 0) is 42.4 Å². The van der Waals surface area contributed by atoms with Crippen molar-refractivity contribution in [3.63, 3.8) is 0 Å². The molecule has 0 amide bonds. The topological polar surface area (TPSA) is 26.0 Å². The lowest BCUT2D eigenvalue weighted by Crippen LogP contribution is -2.20. The molecule has 0 atom stereocenters. The Hall–Kier alpha value is -0.820. The molecule has 1 aliphatic carbocycles. The van der Waals surface area contributed by atoms with Crippen molar-refractivity contribution in [2.75, 3.05) is 0 Å². The highest BCUT2D eigenvalue weighted by Crippen LogP contribution is 2.44. The molecule has 1 aromatic rings. The van der Waals surface area contributed by atoms with E-state index in [1.54, 1.807) is 0 Å². The van der Waals surface area contributed by atoms with Crippen LogP contribution in [0.3, 0.4) is 0 Å². The maximum Gasteiger partial charge on any atom is 0.0414 e. The molecule has 1 aromatic carbocycles. The van der Waals surface area contributed by atoms with Crippen LogP contribution in [-0.4, -0.2) is 0 Å². The van der Waals surface area contributed by atoms with Gasteiger partial charge in [-0.2, -0.15) is 0 Å². The Morgan fingerprint density at radius 3 is 2.43 bits per heavy atom. The Bertz CT molecular complexity index is 337. The lowest BCUT2D eigenvalue weighted by molar-refractivity contribution is 0.725. The number of nitrogens with two attached hydrogens (primary N) is 1. The average Bonchev–Trinajstić information content (AvgIpc) is 2.97. The van der Waals surface area contributed by atoms with E-state index in [0.717, 1.165) is 25.7 Å². The minimum Gasteiger partial charge on any atom is -0.321 e. The van der Waals surface area contributed by atoms with E-state index in [9.17, 15) is 0 Å². The van der Waals surface area contributed by atoms with Crippen LogP contribution < -0.4 is 5.73 Å². The maximum atomic E-state index is 6.27. The second-order valence-corrected chi connectivity index (χ2v) is 4.35. The Morgan fingerprint density at radius 2 is 1.93 bits per heavy atom. The van der Waals surface area contributed by atoms with Gasteiger partial charge in [0, 0.05) is 5.54 Å². The van der Waals surface area contributed by atoms with Crippen LogP contribution >= 0.6 is 0 Å². The summed E-state index contributed by atoms with van der Waals surface area (Å²) in [6, 6.07) is 6.79. The highest BCUT2D eigenvalue weighted by atomic mass is 14.8. The fraction of sp³-hybridized carbons (Fsp3) is 0.538. The van der Waals surface area contributed by atoms with Crippen LogP contribution in [0.2, 0.25) is 0 Å². The maximum absolute atomic E-state index is 6.27. The molecule has 1 nitrogen and oxygen atoms in total. The van der Waals surface area contributed by atoms with E-state index in [2.05, 4.69) is 32.0 Å². The molecule has 0 saturated heterocycles. The molecule has 1 saturated carbocycles. The summed E-state index contributed by atoms with van der Waals surface area (Å²) in [4.78, 5) is 0. The van der Waals surface area contributed by atoms with E-state index in [1.807, 2.05) is 0 Å². The van der Waals surface area contributed by atoms with Crippen LogP contribution in [0.25, 0.3) is 0 Å². The van der Waals surface area contributed by atoms with Gasteiger partial charge in [-0.3, -0.25) is 0 Å². The lowest BCUT2D eigenvalue weighted by atomic mass is 9.94. The predicted molar refractivity (Wildman–Crippen MR) is 60.3 cm³/mol. The van der Waals surface area contributed by atoms with Gasteiger partial charge >= 0.3 is 0 Å². The van der Waals surface area contributed by atoms with E-state index < -0.39 is 0 Å². The third-order valence-corrected chi connectivity index (χ3v) is 3.29. The SMILES string of the molecule is CCc1ccc(CC)c(C2(N)CC2)c1. The molecule has 0 aliphatic heterocycles. The second-order valence-electron chi connectivity index (χ2n) is 4.35. The first kappa shape index (κ1) is 9.72. The summed E-state index contributed by atoms with van der Waals surface area (Å²) < 4.78 is 0. The normalized spacial score (nSPS) is 18.2. The van der Waals surface area contributed by atoms with Gasteiger partial charge in [0.15, 0.2) is 0 Å². The largest absolute Gasteiger partial charge is 0.321 e. The van der Waals surface area contributed by atoms with Crippen molar-refractivity contribution in [2.45, 2.75) is 45.1 Å². The average molecular weight is 189 g/mol. The molecule has 1 aliphatic rings. The lowest BCUT2D eigenvalue weighted by Gasteiger charge is -2.15. The van der Waals surface area contributed by atoms with Crippen molar-refractivity contribution in [1.82, 2.24) is 0 Å². The van der Waals surface area contributed by atoms with Crippen molar-refractivity contribution < 1.29 is 0 Å². The highest BCUT2D eigenvalue weighted by molar-refractivity contribution is 5.40. The zero-order valence-electron chi connectivity index (χ0n) is 9.14. The van der Waals surface area contributed by atoms with Gasteiger partial charge in [0.1, 0.15) is 0 Å². The summed E-state index contributed by atoms with van der Waals surface area (Å²) in [6.45, 7) is 4.40. The molecule has 14 heavy (non-hydrogen) atoms. The van der Waals surface area contributed by atoms with E-state index in [0.29, 0.717) is 0 Å². The Kier molecular flexibility index (Phi) is 2.36. The van der Waals surface area contributed by atoms with Crippen LogP contribution in [0.5, 0.6) is 0 Å². The smallest absolute Gasteiger partial charge is 0.0414 e. The van der Waals surface area contributed by atoms with Crippen LogP contribution in [-0.2, 0) is 18.4 Å². The summed E-state index contributed by atoms with van der Waals surface area (Å²) in [5.74, 6) is 0. The number of benzene rings is 1.